The van der Waals surface area contributed by atoms with Crippen molar-refractivity contribution in [1.82, 2.24) is 0 Å². The number of carboxylic acids is 1. The summed E-state index contributed by atoms with van der Waals surface area (Å²) >= 11 is 2.19. The van der Waals surface area contributed by atoms with Crippen molar-refractivity contribution < 1.29 is 9.90 Å². The number of halogens is 1. The molecule has 0 aromatic carbocycles. The lowest BCUT2D eigenvalue weighted by molar-refractivity contribution is -0.138. The van der Waals surface area contributed by atoms with Crippen molar-refractivity contribution in [1.29, 1.82) is 0 Å². The molecule has 0 aliphatic heterocycles. The Kier molecular flexibility index (Phi) is 5.79. The SMILES string of the molecule is NCC(I)CC[C@H](N)C(=O)O. The van der Waals surface area contributed by atoms with E-state index in [1.54, 1.807) is 0 Å². The van der Waals surface area contributed by atoms with Gasteiger partial charge in [-0.25, -0.2) is 0 Å². The molecular formula is C6H13IN2O2. The lowest BCUT2D eigenvalue weighted by atomic mass is 10.1. The van der Waals surface area contributed by atoms with Crippen molar-refractivity contribution in [2.24, 2.45) is 11.5 Å². The maximum atomic E-state index is 10.2. The smallest absolute Gasteiger partial charge is 0.320 e. The van der Waals surface area contributed by atoms with Crippen LogP contribution in [-0.4, -0.2) is 27.6 Å². The topological polar surface area (TPSA) is 89.3 Å². The Morgan fingerprint density at radius 2 is 2.09 bits per heavy atom. The van der Waals surface area contributed by atoms with Crippen LogP contribution in [0.2, 0.25) is 0 Å². The number of rotatable bonds is 5. The van der Waals surface area contributed by atoms with E-state index in [4.69, 9.17) is 16.6 Å². The highest BCUT2D eigenvalue weighted by molar-refractivity contribution is 14.1. The van der Waals surface area contributed by atoms with Crippen LogP contribution in [0.1, 0.15) is 12.8 Å². The van der Waals surface area contributed by atoms with Crippen molar-refractivity contribution in [3.63, 3.8) is 0 Å². The molecule has 0 saturated heterocycles. The first-order chi connectivity index (χ1) is 5.07. The summed E-state index contributed by atoms with van der Waals surface area (Å²) < 4.78 is 0.331. The van der Waals surface area contributed by atoms with Crippen LogP contribution >= 0.6 is 22.6 Å². The average Bonchev–Trinajstić information content (AvgIpc) is 1.99. The molecule has 0 amide bonds. The third-order valence-corrected chi connectivity index (χ3v) is 2.50. The Balaban J connectivity index is 3.45. The molecule has 0 rings (SSSR count). The van der Waals surface area contributed by atoms with Gasteiger partial charge in [-0.05, 0) is 12.8 Å². The van der Waals surface area contributed by atoms with Gasteiger partial charge >= 0.3 is 5.97 Å². The fourth-order valence-electron chi connectivity index (χ4n) is 0.602. The van der Waals surface area contributed by atoms with Crippen LogP contribution in [0.5, 0.6) is 0 Å². The summed E-state index contributed by atoms with van der Waals surface area (Å²) in [4.78, 5) is 10.2. The highest BCUT2D eigenvalue weighted by Crippen LogP contribution is 2.08. The van der Waals surface area contributed by atoms with Gasteiger partial charge in [0.15, 0.2) is 0 Å². The molecule has 0 aliphatic rings. The molecule has 66 valence electrons. The summed E-state index contributed by atoms with van der Waals surface area (Å²) in [7, 11) is 0. The number of nitrogens with two attached hydrogens (primary N) is 2. The molecule has 0 fully saturated rings. The predicted octanol–water partition coefficient (Wildman–Crippen LogP) is -0.0592. The van der Waals surface area contributed by atoms with Gasteiger partial charge in [-0.3, -0.25) is 4.79 Å². The van der Waals surface area contributed by atoms with Crippen molar-refractivity contribution in [2.45, 2.75) is 22.8 Å². The maximum Gasteiger partial charge on any atom is 0.320 e. The number of carboxylic acid groups (broad SMARTS) is 1. The van der Waals surface area contributed by atoms with E-state index in [-0.39, 0.29) is 0 Å². The first-order valence-corrected chi connectivity index (χ1v) is 4.65. The Labute approximate surface area is 79.5 Å². The van der Waals surface area contributed by atoms with Crippen molar-refractivity contribution in [2.75, 3.05) is 6.54 Å². The Morgan fingerprint density at radius 3 is 2.45 bits per heavy atom. The van der Waals surface area contributed by atoms with Crippen LogP contribution in [0, 0.1) is 0 Å². The van der Waals surface area contributed by atoms with E-state index in [1.165, 1.54) is 0 Å². The van der Waals surface area contributed by atoms with Crippen LogP contribution in [-0.2, 0) is 4.79 Å². The van der Waals surface area contributed by atoms with Gasteiger partial charge in [-0.1, -0.05) is 22.6 Å². The van der Waals surface area contributed by atoms with E-state index in [1.807, 2.05) is 0 Å². The van der Waals surface area contributed by atoms with E-state index in [2.05, 4.69) is 22.6 Å². The summed E-state index contributed by atoms with van der Waals surface area (Å²) in [6.45, 7) is 0.576. The van der Waals surface area contributed by atoms with Crippen LogP contribution in [0.15, 0.2) is 0 Å². The first-order valence-electron chi connectivity index (χ1n) is 3.40. The molecule has 5 heteroatoms. The largest absolute Gasteiger partial charge is 0.480 e. The number of hydrogen-bond acceptors (Lipinski definition) is 3. The molecule has 0 heterocycles. The molecule has 1 unspecified atom stereocenters. The lowest BCUT2D eigenvalue weighted by Gasteiger charge is -2.08. The zero-order valence-electron chi connectivity index (χ0n) is 6.16. The monoisotopic (exact) mass is 272 g/mol. The highest BCUT2D eigenvalue weighted by Gasteiger charge is 2.12. The zero-order valence-corrected chi connectivity index (χ0v) is 8.32. The molecule has 4 nitrogen and oxygen atoms in total. The van der Waals surface area contributed by atoms with Gasteiger partial charge in [0, 0.05) is 10.5 Å². The van der Waals surface area contributed by atoms with Crippen LogP contribution in [0.3, 0.4) is 0 Å². The minimum Gasteiger partial charge on any atom is -0.480 e. The molecule has 0 bridgehead atoms. The van der Waals surface area contributed by atoms with E-state index in [9.17, 15) is 4.79 Å². The zero-order chi connectivity index (χ0) is 8.85. The molecule has 0 saturated carbocycles. The van der Waals surface area contributed by atoms with Crippen LogP contribution in [0.25, 0.3) is 0 Å². The standard InChI is InChI=1S/C6H13IN2O2/c7-4(3-8)1-2-5(9)6(10)11/h4-5H,1-3,8-9H2,(H,10,11)/t4?,5-/m0/s1. The summed E-state index contributed by atoms with van der Waals surface area (Å²) in [5.74, 6) is -0.939. The number of hydrogen-bond donors (Lipinski definition) is 3. The lowest BCUT2D eigenvalue weighted by Crippen LogP contribution is -2.31. The van der Waals surface area contributed by atoms with Crippen molar-refractivity contribution >= 4 is 28.6 Å². The fourth-order valence-corrected chi connectivity index (χ4v) is 0.961. The second-order valence-electron chi connectivity index (χ2n) is 2.36. The quantitative estimate of drug-likeness (QED) is 0.483. The van der Waals surface area contributed by atoms with Crippen molar-refractivity contribution in [3.8, 4) is 0 Å². The van der Waals surface area contributed by atoms with Gasteiger partial charge in [-0.2, -0.15) is 0 Å². The van der Waals surface area contributed by atoms with Gasteiger partial charge in [0.25, 0.3) is 0 Å². The second kappa shape index (κ2) is 5.73. The van der Waals surface area contributed by atoms with E-state index < -0.39 is 12.0 Å². The molecule has 0 aromatic rings. The number of alkyl halides is 1. The third-order valence-electron chi connectivity index (χ3n) is 1.36. The second-order valence-corrected chi connectivity index (χ2v) is 4.12. The van der Waals surface area contributed by atoms with Gasteiger partial charge in [0.2, 0.25) is 0 Å². The molecule has 2 atom stereocenters. The summed E-state index contributed by atoms with van der Waals surface area (Å²) in [5.41, 5.74) is 10.6. The Morgan fingerprint density at radius 1 is 1.55 bits per heavy atom. The molecule has 0 spiro atoms. The molecule has 5 N–H and O–H groups in total. The molecular weight excluding hydrogens is 259 g/mol. The average molecular weight is 272 g/mol. The minimum atomic E-state index is -0.939. The first kappa shape index (κ1) is 11.1. The van der Waals surface area contributed by atoms with E-state index >= 15 is 0 Å². The normalized spacial score (nSPS) is 15.9. The summed E-state index contributed by atoms with van der Waals surface area (Å²) in [5, 5.41) is 8.41. The number of carbonyl (C=O) groups is 1. The molecule has 0 radical (unpaired) electrons. The van der Waals surface area contributed by atoms with Crippen LogP contribution < -0.4 is 11.5 Å². The number of aliphatic carboxylic acids is 1. The van der Waals surface area contributed by atoms with Gasteiger partial charge < -0.3 is 16.6 Å². The summed E-state index contributed by atoms with van der Waals surface area (Å²) in [6, 6.07) is -0.737. The van der Waals surface area contributed by atoms with Gasteiger partial charge in [0.1, 0.15) is 6.04 Å². The predicted molar refractivity (Wildman–Crippen MR) is 51.7 cm³/mol. The van der Waals surface area contributed by atoms with Gasteiger partial charge in [0.05, 0.1) is 0 Å². The highest BCUT2D eigenvalue weighted by atomic mass is 127. The van der Waals surface area contributed by atoms with E-state index in [0.717, 1.165) is 6.42 Å². The summed E-state index contributed by atoms with van der Waals surface area (Å²) in [6.07, 6.45) is 1.27. The molecule has 11 heavy (non-hydrogen) atoms. The maximum absolute atomic E-state index is 10.2. The van der Waals surface area contributed by atoms with Gasteiger partial charge in [-0.15, -0.1) is 0 Å². The Hall–Kier alpha value is 0.120. The fraction of sp³-hybridized carbons (Fsp3) is 0.833. The van der Waals surface area contributed by atoms with E-state index in [0.29, 0.717) is 16.9 Å². The molecule has 0 aromatic heterocycles. The Bertz CT molecular complexity index is 132. The third kappa shape index (κ3) is 5.40. The molecule has 0 aliphatic carbocycles. The minimum absolute atomic E-state index is 0.331. The van der Waals surface area contributed by atoms with Crippen molar-refractivity contribution in [3.05, 3.63) is 0 Å². The van der Waals surface area contributed by atoms with Crippen LogP contribution in [0.4, 0.5) is 0 Å².